The molecule has 3 aromatic rings. The summed E-state index contributed by atoms with van der Waals surface area (Å²) in [5, 5.41) is 9.77. The van der Waals surface area contributed by atoms with Gasteiger partial charge in [0.15, 0.2) is 5.15 Å². The highest BCUT2D eigenvalue weighted by Crippen LogP contribution is 2.24. The van der Waals surface area contributed by atoms with Crippen LogP contribution in [-0.2, 0) is 12.3 Å². The summed E-state index contributed by atoms with van der Waals surface area (Å²) in [7, 11) is 0. The van der Waals surface area contributed by atoms with Gasteiger partial charge in [0.25, 0.3) is 5.22 Å². The van der Waals surface area contributed by atoms with Gasteiger partial charge < -0.3 is 8.98 Å². The first kappa shape index (κ1) is 15.7. The number of rotatable bonds is 5. The van der Waals surface area contributed by atoms with Gasteiger partial charge in [-0.3, -0.25) is 0 Å². The first-order valence-corrected chi connectivity index (χ1v) is 8.29. The number of thioether (sulfide) groups is 1. The van der Waals surface area contributed by atoms with Gasteiger partial charge in [-0.15, -0.1) is 10.2 Å². The summed E-state index contributed by atoms with van der Waals surface area (Å²) in [4.78, 5) is 3.89. The van der Waals surface area contributed by atoms with Crippen LogP contribution in [0.2, 0.25) is 15.3 Å². The molecule has 0 radical (unpaired) electrons. The lowest BCUT2D eigenvalue weighted by atomic mass is 10.2. The molecule has 0 saturated carbocycles. The number of hydrogen-bond acceptors (Lipinski definition) is 5. The minimum absolute atomic E-state index is 0.249. The molecule has 0 saturated heterocycles. The molecular formula is C13H9Cl3N4OS. The van der Waals surface area contributed by atoms with Crippen molar-refractivity contribution in [2.24, 2.45) is 0 Å². The maximum absolute atomic E-state index is 5.98. The van der Waals surface area contributed by atoms with Crippen LogP contribution in [0.3, 0.4) is 0 Å². The van der Waals surface area contributed by atoms with Gasteiger partial charge in [-0.1, -0.05) is 58.7 Å². The van der Waals surface area contributed by atoms with Crippen LogP contribution in [-0.4, -0.2) is 19.7 Å². The summed E-state index contributed by atoms with van der Waals surface area (Å²) in [5.41, 5.74) is 1.12. The van der Waals surface area contributed by atoms with Crippen LogP contribution >= 0.6 is 46.6 Å². The van der Waals surface area contributed by atoms with Gasteiger partial charge in [-0.25, -0.2) is 4.98 Å². The second-order valence-corrected chi connectivity index (χ2v) is 6.41. The molecule has 5 nitrogen and oxygen atoms in total. The van der Waals surface area contributed by atoms with E-state index in [9.17, 15) is 0 Å². The minimum atomic E-state index is 0.249. The minimum Gasteiger partial charge on any atom is -0.414 e. The van der Waals surface area contributed by atoms with Crippen molar-refractivity contribution in [1.29, 1.82) is 0 Å². The third kappa shape index (κ3) is 3.76. The third-order valence-electron chi connectivity index (χ3n) is 2.76. The quantitative estimate of drug-likeness (QED) is 0.612. The van der Waals surface area contributed by atoms with Gasteiger partial charge in [-0.2, -0.15) is 0 Å². The molecule has 9 heteroatoms. The molecule has 0 fully saturated rings. The molecule has 0 unspecified atom stereocenters. The maximum Gasteiger partial charge on any atom is 0.276 e. The predicted octanol–water partition coefficient (Wildman–Crippen LogP) is 4.57. The fraction of sp³-hybridized carbons (Fsp3) is 0.154. The predicted molar refractivity (Wildman–Crippen MR) is 86.7 cm³/mol. The molecule has 22 heavy (non-hydrogen) atoms. The van der Waals surface area contributed by atoms with E-state index in [0.717, 1.165) is 11.3 Å². The van der Waals surface area contributed by atoms with Crippen LogP contribution in [0.1, 0.15) is 11.5 Å². The third-order valence-corrected chi connectivity index (χ3v) is 4.67. The Morgan fingerprint density at radius 2 is 1.86 bits per heavy atom. The highest BCUT2D eigenvalue weighted by Gasteiger charge is 2.11. The SMILES string of the molecule is Clc1ccc(CSc2nnc(Cn3cnc(Cl)c3Cl)o2)cc1. The molecule has 0 atom stereocenters. The fourth-order valence-electron chi connectivity index (χ4n) is 1.68. The van der Waals surface area contributed by atoms with Crippen LogP contribution < -0.4 is 0 Å². The zero-order chi connectivity index (χ0) is 15.5. The standard InChI is InChI=1S/C13H9Cl3N4OS/c14-9-3-1-8(2-4-9)6-22-13-19-18-10(21-13)5-20-7-17-11(15)12(20)16/h1-4,7H,5-6H2. The fourth-order valence-corrected chi connectivity index (χ4v) is 2.85. The molecule has 0 N–H and O–H groups in total. The van der Waals surface area contributed by atoms with Gasteiger partial charge in [0.2, 0.25) is 5.89 Å². The largest absolute Gasteiger partial charge is 0.414 e. The van der Waals surface area contributed by atoms with E-state index in [4.69, 9.17) is 39.2 Å². The summed E-state index contributed by atoms with van der Waals surface area (Å²) < 4.78 is 7.19. The van der Waals surface area contributed by atoms with Crippen molar-refractivity contribution in [1.82, 2.24) is 19.7 Å². The highest BCUT2D eigenvalue weighted by molar-refractivity contribution is 7.98. The van der Waals surface area contributed by atoms with E-state index >= 15 is 0 Å². The van der Waals surface area contributed by atoms with E-state index in [0.29, 0.717) is 27.8 Å². The molecule has 3 rings (SSSR count). The first-order valence-electron chi connectivity index (χ1n) is 6.17. The van der Waals surface area contributed by atoms with E-state index in [1.807, 2.05) is 24.3 Å². The Bertz CT molecular complexity index is 772. The summed E-state index contributed by atoms with van der Waals surface area (Å²) >= 11 is 19.1. The molecule has 0 bridgehead atoms. The zero-order valence-electron chi connectivity index (χ0n) is 11.0. The summed E-state index contributed by atoms with van der Waals surface area (Å²) in [6.45, 7) is 0.326. The average molecular weight is 376 g/mol. The van der Waals surface area contributed by atoms with E-state index in [1.54, 1.807) is 4.57 Å². The Balaban J connectivity index is 1.61. The first-order chi connectivity index (χ1) is 10.6. The van der Waals surface area contributed by atoms with Crippen LogP contribution in [0.5, 0.6) is 0 Å². The van der Waals surface area contributed by atoms with Crippen LogP contribution in [0, 0.1) is 0 Å². The molecule has 2 aromatic heterocycles. The zero-order valence-corrected chi connectivity index (χ0v) is 14.1. The monoisotopic (exact) mass is 374 g/mol. The number of nitrogens with zero attached hydrogens (tertiary/aromatic N) is 4. The number of imidazole rings is 1. The Kier molecular flexibility index (Phi) is 4.93. The van der Waals surface area contributed by atoms with Gasteiger partial charge in [0.05, 0.1) is 6.33 Å². The molecule has 1 aromatic carbocycles. The molecule has 0 aliphatic rings. The summed E-state index contributed by atoms with van der Waals surface area (Å²) in [6.07, 6.45) is 1.52. The van der Waals surface area contributed by atoms with Crippen molar-refractivity contribution in [3.63, 3.8) is 0 Å². The molecule has 0 amide bonds. The van der Waals surface area contributed by atoms with Crippen molar-refractivity contribution < 1.29 is 4.42 Å². The average Bonchev–Trinajstić information content (AvgIpc) is 3.09. The summed E-state index contributed by atoms with van der Waals surface area (Å²) in [6, 6.07) is 7.61. The second kappa shape index (κ2) is 6.91. The van der Waals surface area contributed by atoms with E-state index in [1.165, 1.54) is 18.1 Å². The lowest BCUT2D eigenvalue weighted by Gasteiger charge is -1.99. The van der Waals surface area contributed by atoms with Crippen molar-refractivity contribution in [3.05, 3.63) is 57.4 Å². The highest BCUT2D eigenvalue weighted by atomic mass is 35.5. The number of hydrogen-bond donors (Lipinski definition) is 0. The topological polar surface area (TPSA) is 56.7 Å². The maximum atomic E-state index is 5.98. The van der Waals surface area contributed by atoms with Crippen LogP contribution in [0.25, 0.3) is 0 Å². The van der Waals surface area contributed by atoms with E-state index in [-0.39, 0.29) is 5.15 Å². The van der Waals surface area contributed by atoms with Gasteiger partial charge in [-0.05, 0) is 17.7 Å². The van der Waals surface area contributed by atoms with Crippen LogP contribution in [0.4, 0.5) is 0 Å². The van der Waals surface area contributed by atoms with Crippen molar-refractivity contribution in [3.8, 4) is 0 Å². The molecular weight excluding hydrogens is 367 g/mol. The van der Waals surface area contributed by atoms with Gasteiger partial charge >= 0.3 is 0 Å². The normalized spacial score (nSPS) is 11.0. The number of benzene rings is 1. The second-order valence-electron chi connectivity index (χ2n) is 4.33. The Labute approximate surface area is 145 Å². The smallest absolute Gasteiger partial charge is 0.276 e. The lowest BCUT2D eigenvalue weighted by Crippen LogP contribution is -1.98. The van der Waals surface area contributed by atoms with Crippen molar-refractivity contribution >= 4 is 46.6 Å². The summed E-state index contributed by atoms with van der Waals surface area (Å²) in [5.74, 6) is 1.16. The Morgan fingerprint density at radius 1 is 1.09 bits per heavy atom. The van der Waals surface area contributed by atoms with E-state index < -0.39 is 0 Å². The number of aromatic nitrogens is 4. The molecule has 114 valence electrons. The van der Waals surface area contributed by atoms with Gasteiger partial charge in [0, 0.05) is 10.8 Å². The van der Waals surface area contributed by atoms with Crippen molar-refractivity contribution in [2.75, 3.05) is 0 Å². The molecule has 0 spiro atoms. The molecule has 2 heterocycles. The lowest BCUT2D eigenvalue weighted by molar-refractivity contribution is 0.404. The molecule has 0 aliphatic heterocycles. The van der Waals surface area contributed by atoms with Crippen LogP contribution in [0.15, 0.2) is 40.2 Å². The number of halogens is 3. The van der Waals surface area contributed by atoms with Crippen molar-refractivity contribution in [2.45, 2.75) is 17.5 Å². The Morgan fingerprint density at radius 3 is 2.55 bits per heavy atom. The Hall–Kier alpha value is -1.21. The van der Waals surface area contributed by atoms with Gasteiger partial charge in [0.1, 0.15) is 11.7 Å². The molecule has 0 aliphatic carbocycles. The van der Waals surface area contributed by atoms with E-state index in [2.05, 4.69) is 15.2 Å².